The van der Waals surface area contributed by atoms with Gasteiger partial charge in [-0.15, -0.1) is 5.10 Å². The van der Waals surface area contributed by atoms with Crippen molar-refractivity contribution in [2.24, 2.45) is 17.8 Å². The number of rotatable bonds is 9. The van der Waals surface area contributed by atoms with Crippen LogP contribution in [0.3, 0.4) is 0 Å². The molecule has 132 valence electrons. The molecule has 0 aromatic carbocycles. The number of unbranched alkanes of at least 4 members (excludes halogenated alkanes) is 1. The molecule has 0 aliphatic heterocycles. The van der Waals surface area contributed by atoms with Gasteiger partial charge in [-0.25, -0.2) is 0 Å². The molecule has 24 heavy (non-hydrogen) atoms. The summed E-state index contributed by atoms with van der Waals surface area (Å²) in [6, 6.07) is 6.36. The van der Waals surface area contributed by atoms with E-state index in [2.05, 4.69) is 30.1 Å². The molecule has 1 fully saturated rings. The molecule has 0 spiro atoms. The summed E-state index contributed by atoms with van der Waals surface area (Å²) in [6.07, 6.45) is 10.4. The van der Waals surface area contributed by atoms with Crippen molar-refractivity contribution >= 4 is 0 Å². The number of hydrogen-bond acceptors (Lipinski definition) is 4. The number of aromatic nitrogens is 2. The summed E-state index contributed by atoms with van der Waals surface area (Å²) >= 11 is 0. The van der Waals surface area contributed by atoms with Crippen LogP contribution in [0.2, 0.25) is 0 Å². The number of hydrogen-bond donors (Lipinski definition) is 0. The zero-order chi connectivity index (χ0) is 17.2. The molecule has 1 unspecified atom stereocenters. The molecular weight excluding hydrogens is 298 g/mol. The number of nitrogens with zero attached hydrogens (tertiary/aromatic N) is 3. The quantitative estimate of drug-likeness (QED) is 0.602. The van der Waals surface area contributed by atoms with Crippen molar-refractivity contribution in [3.63, 3.8) is 0 Å². The molecule has 0 saturated heterocycles. The number of nitriles is 1. The Bertz CT molecular complexity index is 501. The lowest BCUT2D eigenvalue weighted by molar-refractivity contribution is 0.222. The molecule has 2 rings (SSSR count). The van der Waals surface area contributed by atoms with Crippen LogP contribution in [0, 0.1) is 29.1 Å². The topological polar surface area (TPSA) is 58.8 Å². The smallest absolute Gasteiger partial charge is 0.233 e. The van der Waals surface area contributed by atoms with Crippen molar-refractivity contribution in [2.45, 2.75) is 71.6 Å². The minimum absolute atomic E-state index is 0.0636. The van der Waals surface area contributed by atoms with Gasteiger partial charge >= 0.3 is 0 Å². The van der Waals surface area contributed by atoms with Gasteiger partial charge in [0.2, 0.25) is 5.88 Å². The van der Waals surface area contributed by atoms with Crippen molar-refractivity contribution in [1.82, 2.24) is 10.2 Å². The molecule has 1 aliphatic rings. The van der Waals surface area contributed by atoms with E-state index in [-0.39, 0.29) is 5.92 Å². The highest BCUT2D eigenvalue weighted by atomic mass is 16.5. The summed E-state index contributed by atoms with van der Waals surface area (Å²) < 4.78 is 5.55. The van der Waals surface area contributed by atoms with Gasteiger partial charge in [-0.05, 0) is 37.2 Å². The molecular formula is C20H31N3O. The van der Waals surface area contributed by atoms with Crippen molar-refractivity contribution in [1.29, 1.82) is 5.26 Å². The maximum atomic E-state index is 9.58. The van der Waals surface area contributed by atoms with E-state index in [0.29, 0.717) is 24.8 Å². The Hall–Kier alpha value is -1.63. The normalized spacial score (nSPS) is 21.9. The fraction of sp³-hybridized carbons (Fsp3) is 0.750. The molecule has 1 aromatic heterocycles. The Morgan fingerprint density at radius 3 is 2.54 bits per heavy atom. The molecule has 4 heteroatoms. The van der Waals surface area contributed by atoms with Crippen LogP contribution < -0.4 is 4.74 Å². The Labute approximate surface area is 146 Å². The molecule has 1 saturated carbocycles. The van der Waals surface area contributed by atoms with Crippen LogP contribution in [-0.4, -0.2) is 16.8 Å². The van der Waals surface area contributed by atoms with E-state index in [1.54, 1.807) is 0 Å². The molecule has 0 bridgehead atoms. The second kappa shape index (κ2) is 10.3. The average Bonchev–Trinajstić information content (AvgIpc) is 2.62. The predicted molar refractivity (Wildman–Crippen MR) is 95.6 cm³/mol. The van der Waals surface area contributed by atoms with Gasteiger partial charge in [0.15, 0.2) is 0 Å². The summed E-state index contributed by atoms with van der Waals surface area (Å²) in [5.41, 5.74) is 0.903. The van der Waals surface area contributed by atoms with Gasteiger partial charge in [-0.3, -0.25) is 0 Å². The van der Waals surface area contributed by atoms with Crippen LogP contribution in [0.25, 0.3) is 0 Å². The summed E-state index contributed by atoms with van der Waals surface area (Å²) in [6.45, 7) is 5.08. The Morgan fingerprint density at radius 2 is 1.96 bits per heavy atom. The van der Waals surface area contributed by atoms with Crippen molar-refractivity contribution < 1.29 is 4.74 Å². The zero-order valence-electron chi connectivity index (χ0n) is 15.2. The lowest BCUT2D eigenvalue weighted by Gasteiger charge is -2.30. The first kappa shape index (κ1) is 18.7. The van der Waals surface area contributed by atoms with E-state index in [9.17, 15) is 5.26 Å². The van der Waals surface area contributed by atoms with Gasteiger partial charge in [0, 0.05) is 12.5 Å². The molecule has 4 nitrogen and oxygen atoms in total. The van der Waals surface area contributed by atoms with E-state index < -0.39 is 0 Å². The largest absolute Gasteiger partial charge is 0.477 e. The molecule has 1 heterocycles. The highest BCUT2D eigenvalue weighted by Gasteiger charge is 2.27. The lowest BCUT2D eigenvalue weighted by Crippen LogP contribution is -2.23. The van der Waals surface area contributed by atoms with Gasteiger partial charge in [-0.1, -0.05) is 46.0 Å². The minimum Gasteiger partial charge on any atom is -0.477 e. The van der Waals surface area contributed by atoms with Gasteiger partial charge in [-0.2, -0.15) is 10.4 Å². The summed E-state index contributed by atoms with van der Waals surface area (Å²) in [4.78, 5) is 0. The molecule has 0 amide bonds. The van der Waals surface area contributed by atoms with E-state index in [1.165, 1.54) is 38.5 Å². The highest BCUT2D eigenvalue weighted by molar-refractivity contribution is 5.13. The predicted octanol–water partition coefficient (Wildman–Crippen LogP) is 4.94. The van der Waals surface area contributed by atoms with Crippen LogP contribution in [0.1, 0.15) is 70.9 Å². The van der Waals surface area contributed by atoms with Crippen LogP contribution in [0.4, 0.5) is 0 Å². The minimum atomic E-state index is 0.0636. The second-order valence-corrected chi connectivity index (χ2v) is 7.07. The maximum Gasteiger partial charge on any atom is 0.233 e. The van der Waals surface area contributed by atoms with Crippen LogP contribution in [-0.2, 0) is 6.42 Å². The fourth-order valence-electron chi connectivity index (χ4n) is 3.69. The van der Waals surface area contributed by atoms with Crippen LogP contribution >= 0.6 is 0 Å². The molecule has 1 aliphatic carbocycles. The Balaban J connectivity index is 1.83. The lowest BCUT2D eigenvalue weighted by atomic mass is 9.74. The molecule has 1 aromatic rings. The van der Waals surface area contributed by atoms with Crippen molar-refractivity contribution in [2.75, 3.05) is 6.61 Å². The van der Waals surface area contributed by atoms with Gasteiger partial charge in [0.25, 0.3) is 0 Å². The zero-order valence-corrected chi connectivity index (χ0v) is 15.2. The SMILES string of the molecule is CCCCOc1ccc(CC(C#N)C2CCC(CCC)CC2)nn1. The molecule has 0 radical (unpaired) electrons. The average molecular weight is 329 g/mol. The summed E-state index contributed by atoms with van der Waals surface area (Å²) in [5.74, 6) is 2.05. The number of ether oxygens (including phenoxy) is 1. The highest BCUT2D eigenvalue weighted by Crippen LogP contribution is 2.36. The van der Waals surface area contributed by atoms with Gasteiger partial charge < -0.3 is 4.74 Å². The second-order valence-electron chi connectivity index (χ2n) is 7.07. The van der Waals surface area contributed by atoms with Gasteiger partial charge in [0.1, 0.15) is 0 Å². The first-order chi connectivity index (χ1) is 11.8. The third kappa shape index (κ3) is 5.78. The standard InChI is InChI=1S/C20H31N3O/c1-3-5-13-24-20-12-11-19(22-23-20)14-18(15-21)17-9-7-16(6-4-2)8-10-17/h11-12,16-18H,3-10,13-14H2,1-2H3. The summed E-state index contributed by atoms with van der Waals surface area (Å²) in [7, 11) is 0. The Kier molecular flexibility index (Phi) is 8.01. The van der Waals surface area contributed by atoms with Crippen LogP contribution in [0.5, 0.6) is 5.88 Å². The molecule has 0 N–H and O–H groups in total. The van der Waals surface area contributed by atoms with E-state index in [0.717, 1.165) is 24.5 Å². The van der Waals surface area contributed by atoms with E-state index in [4.69, 9.17) is 4.74 Å². The third-order valence-corrected chi connectivity index (χ3v) is 5.20. The van der Waals surface area contributed by atoms with E-state index >= 15 is 0 Å². The maximum absolute atomic E-state index is 9.58. The van der Waals surface area contributed by atoms with Crippen LogP contribution in [0.15, 0.2) is 12.1 Å². The molecule has 1 atom stereocenters. The van der Waals surface area contributed by atoms with Crippen molar-refractivity contribution in [3.8, 4) is 11.9 Å². The van der Waals surface area contributed by atoms with E-state index in [1.807, 2.05) is 12.1 Å². The fourth-order valence-corrected chi connectivity index (χ4v) is 3.69. The summed E-state index contributed by atoms with van der Waals surface area (Å²) in [5, 5.41) is 18.0. The third-order valence-electron chi connectivity index (χ3n) is 5.20. The monoisotopic (exact) mass is 329 g/mol. The Morgan fingerprint density at radius 1 is 1.17 bits per heavy atom. The first-order valence-corrected chi connectivity index (χ1v) is 9.61. The first-order valence-electron chi connectivity index (χ1n) is 9.61. The van der Waals surface area contributed by atoms with Gasteiger partial charge in [0.05, 0.1) is 24.3 Å². The van der Waals surface area contributed by atoms with Crippen molar-refractivity contribution in [3.05, 3.63) is 17.8 Å².